The van der Waals surface area contributed by atoms with E-state index in [4.69, 9.17) is 0 Å². The molecule has 0 bridgehead atoms. The first-order chi connectivity index (χ1) is 7.11. The number of H-pyrrole nitrogens is 1. The third kappa shape index (κ3) is 1.27. The van der Waals surface area contributed by atoms with Gasteiger partial charge in [-0.25, -0.2) is 4.98 Å². The zero-order chi connectivity index (χ0) is 11.0. The Hall–Kier alpha value is -2.51. The molecule has 8 nitrogen and oxygen atoms in total. The summed E-state index contributed by atoms with van der Waals surface area (Å²) in [5.41, 5.74) is -0.440. The predicted octanol–water partition coefficient (Wildman–Crippen LogP) is 1.38. The first kappa shape index (κ1) is 9.06. The standard InChI is InChI=1S/C7H4N4O4/c12-10(13)4-1-2-8-7-5(11(14)15)3-9-6(4)7/h1-3,9H. The Morgan fingerprint density at radius 1 is 1.20 bits per heavy atom. The normalized spacial score (nSPS) is 10.4. The molecule has 15 heavy (non-hydrogen) atoms. The summed E-state index contributed by atoms with van der Waals surface area (Å²) >= 11 is 0. The number of nitrogens with zero attached hydrogens (tertiary/aromatic N) is 3. The summed E-state index contributed by atoms with van der Waals surface area (Å²) in [7, 11) is 0. The maximum Gasteiger partial charge on any atom is 0.313 e. The van der Waals surface area contributed by atoms with Gasteiger partial charge in [0.15, 0.2) is 11.0 Å². The molecule has 76 valence electrons. The van der Waals surface area contributed by atoms with Crippen molar-refractivity contribution in [3.63, 3.8) is 0 Å². The Bertz CT molecular complexity index is 561. The topological polar surface area (TPSA) is 115 Å². The van der Waals surface area contributed by atoms with Crippen LogP contribution in [0, 0.1) is 20.2 Å². The number of aromatic nitrogens is 2. The highest BCUT2D eigenvalue weighted by molar-refractivity contribution is 5.91. The Kier molecular flexibility index (Phi) is 1.82. The minimum Gasteiger partial charge on any atom is -0.348 e. The van der Waals surface area contributed by atoms with E-state index in [-0.39, 0.29) is 22.4 Å². The number of hydrogen-bond acceptors (Lipinski definition) is 5. The van der Waals surface area contributed by atoms with Gasteiger partial charge in [-0.15, -0.1) is 0 Å². The Labute approximate surface area is 81.8 Å². The molecule has 0 aliphatic heterocycles. The molecule has 8 heteroatoms. The Balaban J connectivity index is 2.80. The maximum atomic E-state index is 10.6. The molecule has 2 aromatic rings. The second-order valence-corrected chi connectivity index (χ2v) is 2.74. The van der Waals surface area contributed by atoms with Crippen LogP contribution in [0.3, 0.4) is 0 Å². The summed E-state index contributed by atoms with van der Waals surface area (Å²) in [5.74, 6) is 0. The Morgan fingerprint density at radius 3 is 2.47 bits per heavy atom. The molecule has 0 radical (unpaired) electrons. The molecule has 0 saturated heterocycles. The number of nitro groups is 2. The van der Waals surface area contributed by atoms with Crippen molar-refractivity contribution < 1.29 is 9.85 Å². The van der Waals surface area contributed by atoms with Crippen LogP contribution in [-0.4, -0.2) is 19.8 Å². The first-order valence-corrected chi connectivity index (χ1v) is 3.86. The number of aromatic amines is 1. The van der Waals surface area contributed by atoms with Crippen LogP contribution in [0.15, 0.2) is 18.5 Å². The first-order valence-electron chi connectivity index (χ1n) is 3.86. The molecule has 2 rings (SSSR count). The van der Waals surface area contributed by atoms with E-state index in [0.29, 0.717) is 0 Å². The van der Waals surface area contributed by atoms with E-state index in [0.717, 1.165) is 6.20 Å². The van der Waals surface area contributed by atoms with E-state index < -0.39 is 9.85 Å². The van der Waals surface area contributed by atoms with Crippen LogP contribution < -0.4 is 0 Å². The van der Waals surface area contributed by atoms with Crippen molar-refractivity contribution in [1.82, 2.24) is 9.97 Å². The van der Waals surface area contributed by atoms with Gasteiger partial charge in [-0.2, -0.15) is 0 Å². The zero-order valence-electron chi connectivity index (χ0n) is 7.21. The molecular weight excluding hydrogens is 204 g/mol. The monoisotopic (exact) mass is 208 g/mol. The average Bonchev–Trinajstić information content (AvgIpc) is 2.59. The average molecular weight is 208 g/mol. The SMILES string of the molecule is O=[N+]([O-])c1c[nH]c2c([N+](=O)[O-])ccnc12. The molecule has 0 amide bonds. The number of hydrogen-bond donors (Lipinski definition) is 1. The summed E-state index contributed by atoms with van der Waals surface area (Å²) in [6, 6.07) is 1.18. The van der Waals surface area contributed by atoms with Crippen LogP contribution in [-0.2, 0) is 0 Å². The van der Waals surface area contributed by atoms with E-state index in [1.807, 2.05) is 0 Å². The van der Waals surface area contributed by atoms with Gasteiger partial charge < -0.3 is 4.98 Å². The van der Waals surface area contributed by atoms with Gasteiger partial charge in [0, 0.05) is 12.3 Å². The van der Waals surface area contributed by atoms with E-state index in [1.165, 1.54) is 12.3 Å². The molecule has 0 unspecified atom stereocenters. The van der Waals surface area contributed by atoms with Gasteiger partial charge in [-0.1, -0.05) is 0 Å². The summed E-state index contributed by atoms with van der Waals surface area (Å²) in [4.78, 5) is 26.1. The highest BCUT2D eigenvalue weighted by Gasteiger charge is 2.21. The summed E-state index contributed by atoms with van der Waals surface area (Å²) in [6.45, 7) is 0. The molecule has 2 aromatic heterocycles. The molecule has 0 aromatic carbocycles. The fourth-order valence-corrected chi connectivity index (χ4v) is 1.29. The van der Waals surface area contributed by atoms with Gasteiger partial charge in [0.1, 0.15) is 0 Å². The molecule has 0 atom stereocenters. The van der Waals surface area contributed by atoms with Crippen LogP contribution >= 0.6 is 0 Å². The van der Waals surface area contributed by atoms with Crippen molar-refractivity contribution in [3.05, 3.63) is 38.7 Å². The zero-order valence-corrected chi connectivity index (χ0v) is 7.21. The van der Waals surface area contributed by atoms with E-state index in [1.54, 1.807) is 0 Å². The lowest BCUT2D eigenvalue weighted by molar-refractivity contribution is -0.384. The molecule has 0 saturated carbocycles. The van der Waals surface area contributed by atoms with E-state index >= 15 is 0 Å². The molecule has 0 aliphatic rings. The molecule has 1 N–H and O–H groups in total. The quantitative estimate of drug-likeness (QED) is 0.591. The molecule has 0 aliphatic carbocycles. The lowest BCUT2D eigenvalue weighted by atomic mass is 10.3. The number of rotatable bonds is 2. The number of pyridine rings is 1. The van der Waals surface area contributed by atoms with Crippen LogP contribution in [0.5, 0.6) is 0 Å². The van der Waals surface area contributed by atoms with Gasteiger partial charge in [0.25, 0.3) is 5.69 Å². The summed E-state index contributed by atoms with van der Waals surface area (Å²) < 4.78 is 0. The van der Waals surface area contributed by atoms with E-state index in [2.05, 4.69) is 9.97 Å². The van der Waals surface area contributed by atoms with Gasteiger partial charge in [-0.3, -0.25) is 20.2 Å². The third-order valence-electron chi connectivity index (χ3n) is 1.92. The highest BCUT2D eigenvalue weighted by Crippen LogP contribution is 2.28. The number of nitrogens with one attached hydrogen (secondary N) is 1. The van der Waals surface area contributed by atoms with Crippen molar-refractivity contribution >= 4 is 22.4 Å². The van der Waals surface area contributed by atoms with Crippen molar-refractivity contribution in [1.29, 1.82) is 0 Å². The van der Waals surface area contributed by atoms with Crippen molar-refractivity contribution in [2.24, 2.45) is 0 Å². The van der Waals surface area contributed by atoms with Crippen LogP contribution in [0.4, 0.5) is 11.4 Å². The summed E-state index contributed by atoms with van der Waals surface area (Å²) in [6.07, 6.45) is 2.26. The largest absolute Gasteiger partial charge is 0.348 e. The number of fused-ring (bicyclic) bond motifs is 1. The Morgan fingerprint density at radius 2 is 1.87 bits per heavy atom. The molecular formula is C7H4N4O4. The fraction of sp³-hybridized carbons (Fsp3) is 0. The fourth-order valence-electron chi connectivity index (χ4n) is 1.29. The van der Waals surface area contributed by atoms with Crippen molar-refractivity contribution in [3.8, 4) is 0 Å². The molecule has 2 heterocycles. The van der Waals surface area contributed by atoms with Crippen LogP contribution in [0.2, 0.25) is 0 Å². The van der Waals surface area contributed by atoms with Crippen molar-refractivity contribution in [2.75, 3.05) is 0 Å². The lowest BCUT2D eigenvalue weighted by Gasteiger charge is -1.91. The molecule has 0 spiro atoms. The highest BCUT2D eigenvalue weighted by atomic mass is 16.6. The lowest BCUT2D eigenvalue weighted by Crippen LogP contribution is -1.91. The van der Waals surface area contributed by atoms with Crippen LogP contribution in [0.1, 0.15) is 0 Å². The van der Waals surface area contributed by atoms with Gasteiger partial charge in [0.05, 0.1) is 16.0 Å². The predicted molar refractivity (Wildman–Crippen MR) is 49.4 cm³/mol. The van der Waals surface area contributed by atoms with Gasteiger partial charge in [0.2, 0.25) is 0 Å². The van der Waals surface area contributed by atoms with Gasteiger partial charge in [-0.05, 0) is 0 Å². The van der Waals surface area contributed by atoms with Gasteiger partial charge >= 0.3 is 5.69 Å². The van der Waals surface area contributed by atoms with Crippen LogP contribution in [0.25, 0.3) is 11.0 Å². The maximum absolute atomic E-state index is 10.6. The van der Waals surface area contributed by atoms with E-state index in [9.17, 15) is 20.2 Å². The second-order valence-electron chi connectivity index (χ2n) is 2.74. The second kappa shape index (κ2) is 3.01. The summed E-state index contributed by atoms with van der Waals surface area (Å²) in [5, 5.41) is 21.1. The smallest absolute Gasteiger partial charge is 0.313 e. The molecule has 0 fully saturated rings. The third-order valence-corrected chi connectivity index (χ3v) is 1.92. The van der Waals surface area contributed by atoms with Crippen molar-refractivity contribution in [2.45, 2.75) is 0 Å². The minimum atomic E-state index is -0.643. The minimum absolute atomic E-state index is 0.00537.